The molecule has 0 atom stereocenters. The van der Waals surface area contributed by atoms with Gasteiger partial charge in [-0.05, 0) is 0 Å². The van der Waals surface area contributed by atoms with Crippen LogP contribution in [-0.2, 0) is 0 Å². The molecule has 0 nitrogen and oxygen atoms in total. The second-order valence-corrected chi connectivity index (χ2v) is 1230. The molecule has 0 aromatic carbocycles. The summed E-state index contributed by atoms with van der Waals surface area (Å²) >= 11 is 86.5. The van der Waals surface area contributed by atoms with E-state index < -0.39 is 189 Å². The maximum atomic E-state index is 3.40. The number of rotatable bonds is 25. The zero-order valence-electron chi connectivity index (χ0n) is 20.7. The summed E-state index contributed by atoms with van der Waals surface area (Å²) in [5.74, 6) is 0. The fourth-order valence-electron chi connectivity index (χ4n) is 0.750. The molecular formula is CH3I52-. The molecule has 0 bridgehead atoms. The monoisotopic (exact) mass is 6610 g/mol. The van der Waals surface area contributed by atoms with Gasteiger partial charge in [0.25, 0.3) is 0 Å². The van der Waals surface area contributed by atoms with Gasteiger partial charge in [-0.15, -0.1) is 0 Å². The number of hydrogen-bond donors (Lipinski definition) is 0. The van der Waals surface area contributed by atoms with Crippen molar-refractivity contribution in [3.63, 3.8) is 0 Å². The van der Waals surface area contributed by atoms with E-state index in [1.807, 2.05) is 0 Å². The van der Waals surface area contributed by atoms with Gasteiger partial charge in [-0.25, -0.2) is 0 Å². The molecule has 0 fully saturated rings. The zero-order valence-corrected chi connectivity index (χ0v) is 133. The maximum absolute atomic E-state index is 3.40. The summed E-state index contributed by atoms with van der Waals surface area (Å²) in [5.41, 5.74) is 0. The third-order valence-electron chi connectivity index (χ3n) is 2.07. The second kappa shape index (κ2) is 54.8. The summed E-state index contributed by atoms with van der Waals surface area (Å²) in [6.45, 7) is 0. The molecule has 0 unspecified atom stereocenters. The van der Waals surface area contributed by atoms with Crippen LogP contribution in [0.15, 0.2) is 0 Å². The van der Waals surface area contributed by atoms with Crippen LogP contribution in [0.25, 0.3) is 0 Å². The van der Waals surface area contributed by atoms with E-state index in [4.69, 9.17) is 0 Å². The van der Waals surface area contributed by atoms with Crippen LogP contribution in [0.3, 0.4) is 0 Å². The third-order valence-corrected chi connectivity index (χ3v) is 4000. The number of hydrogen-bond acceptors (Lipinski definition) is 0. The van der Waals surface area contributed by atoms with Crippen molar-refractivity contribution in [2.24, 2.45) is 0 Å². The Labute approximate surface area is 662 Å². The van der Waals surface area contributed by atoms with Gasteiger partial charge in [0.1, 0.15) is 0 Å². The normalized spacial score (nSPS) is 18.8. The first-order valence-corrected chi connectivity index (χ1v) is 330. The van der Waals surface area contributed by atoms with Gasteiger partial charge in [-0.1, -0.05) is 0 Å². The van der Waals surface area contributed by atoms with E-state index in [0.717, 1.165) is 0 Å². The van der Waals surface area contributed by atoms with Gasteiger partial charge in [-0.2, -0.15) is 0 Å². The Balaban J connectivity index is 5.59. The summed E-state index contributed by atoms with van der Waals surface area (Å²) < 4.78 is 0. The Kier molecular flexibility index (Phi) is 94.1. The van der Waals surface area contributed by atoms with Crippen LogP contribution in [0.4, 0.5) is 0 Å². The Hall–Kier alpha value is 38.0. The van der Waals surface area contributed by atoms with Crippen molar-refractivity contribution in [1.29, 1.82) is 0 Å². The molecule has 0 N–H and O–H groups in total. The quantitative estimate of drug-likeness (QED) is 0.0631. The van der Waals surface area contributed by atoms with E-state index in [-0.39, 0.29) is 7.89 Å². The molecule has 0 radical (unpaired) electrons. The van der Waals surface area contributed by atoms with Crippen molar-refractivity contribution in [1.82, 2.24) is 0 Å². The van der Waals surface area contributed by atoms with E-state index in [1.54, 1.807) is 0 Å². The Morgan fingerprint density at radius 1 is 0.189 bits per heavy atom. The summed E-state index contributed by atoms with van der Waals surface area (Å²) in [6.07, 6.45) is 0. The molecule has 0 aliphatic heterocycles. The molecule has 0 aromatic rings. The Morgan fingerprint density at radius 3 is 0.415 bits per heavy atom. The first kappa shape index (κ1) is 91.0. The average molecular weight is 6610 g/mol. The van der Waals surface area contributed by atoms with E-state index in [1.165, 1.54) is 0 Å². The van der Waals surface area contributed by atoms with E-state index in [0.29, 0.717) is 17.2 Å². The average Bonchev–Trinajstić information content (AvgIpc) is 3.16. The predicted octanol–water partition coefficient (Wildman–Crippen LogP) is 42.3. The second-order valence-electron chi connectivity index (χ2n) is 4.19. The fraction of sp³-hybridized carbons (Fsp3) is 1.00. The van der Waals surface area contributed by atoms with Crippen LogP contribution in [-0.4, -0.2) is 4.93 Å². The first-order chi connectivity index (χ1) is 24.1. The standard InChI is InChI=1S/CH3I52/c1-28-30(4)32(6)34(8)36(10)38(12)40(14)42(16)44(18)46(20)48(22)50(24)52(26)53(27)51(25)49(23)47(21)45(19)43(17)41(15)39(13)37(11)35(9)33(7)31(5)29(2)3/h1H3/q-1. The van der Waals surface area contributed by atoms with Gasteiger partial charge in [0.05, 0.1) is 0 Å². The van der Waals surface area contributed by atoms with E-state index in [9.17, 15) is 0 Å². The zero-order chi connectivity index (χ0) is 42.1. The van der Waals surface area contributed by atoms with Crippen molar-refractivity contribution < 1.29 is 17.2 Å². The van der Waals surface area contributed by atoms with Gasteiger partial charge in [0.2, 0.25) is 0 Å². The molecule has 0 rings (SSSR count). The van der Waals surface area contributed by atoms with Crippen LogP contribution >= 0.6 is 681 Å². The van der Waals surface area contributed by atoms with Crippen LogP contribution < -0.4 is 17.2 Å². The molecule has 0 aromatic heterocycles. The molecule has 0 amide bonds. The van der Waals surface area contributed by atoms with Crippen molar-refractivity contribution >= 4 is 681 Å². The molecular weight excluding hydrogens is 6610 g/mol. The molecule has 0 spiro atoms. The van der Waals surface area contributed by atoms with Crippen LogP contribution in [0.2, 0.25) is 0 Å². The van der Waals surface area contributed by atoms with Gasteiger partial charge < -0.3 is 0 Å². The summed E-state index contributed by atoms with van der Waals surface area (Å²) in [7, 11) is -13.3. The minimum absolute atomic E-state index is 0.386. The van der Waals surface area contributed by atoms with Gasteiger partial charge in [-0.3, -0.25) is 0 Å². The molecule has 53 heavy (non-hydrogen) atoms. The molecule has 0 aliphatic carbocycles. The van der Waals surface area contributed by atoms with Crippen LogP contribution in [0.5, 0.6) is 0 Å². The molecule has 0 saturated heterocycles. The number of alkyl halides is 1. The van der Waals surface area contributed by atoms with Crippen molar-refractivity contribution in [3.8, 4) is 0 Å². The molecule has 0 heterocycles. The minimum atomic E-state index is -0.583. The fourth-order valence-corrected chi connectivity index (χ4v) is 9720. The first-order valence-electron chi connectivity index (χ1n) is 7.66. The topological polar surface area (TPSA) is 0 Å². The predicted molar refractivity (Wildman–Crippen MR) is 721 cm³/mol. The Bertz CT molecular complexity index is 955. The third kappa shape index (κ3) is 37.7. The molecule has 0 saturated carbocycles. The van der Waals surface area contributed by atoms with E-state index in [2.05, 4.69) is 489 Å². The SMILES string of the molecule is C[I-]I(I)I(I)I(I)I(I)I(I)I(I)I(I)I(I)I(I)I(I)I(I)I(I)I(I)I(I)I(I)I(I)I(I)I(I)I(I)I(I)I(I)I(I)I(I)I(I)I(I)I. The summed E-state index contributed by atoms with van der Waals surface area (Å²) in [6, 6.07) is 0. The van der Waals surface area contributed by atoms with Gasteiger partial charge in [0, 0.05) is 0 Å². The number of halogens is 52. The molecule has 52 heteroatoms. The van der Waals surface area contributed by atoms with E-state index >= 15 is 0 Å². The van der Waals surface area contributed by atoms with Crippen LogP contribution in [0.1, 0.15) is 0 Å². The summed E-state index contributed by atoms with van der Waals surface area (Å²) in [5, 5.41) is 0. The van der Waals surface area contributed by atoms with Gasteiger partial charge in [0.15, 0.2) is 0 Å². The van der Waals surface area contributed by atoms with Crippen LogP contribution in [0, 0.1) is 0 Å². The summed E-state index contributed by atoms with van der Waals surface area (Å²) in [4.78, 5) is 2.67. The molecule has 372 valence electrons. The Morgan fingerprint density at radius 2 is 0.302 bits per heavy atom. The van der Waals surface area contributed by atoms with Crippen molar-refractivity contribution in [2.45, 2.75) is 0 Å². The van der Waals surface area contributed by atoms with Crippen molar-refractivity contribution in [3.05, 3.63) is 0 Å². The van der Waals surface area contributed by atoms with Gasteiger partial charge >= 0.3 is 704 Å². The van der Waals surface area contributed by atoms with Crippen molar-refractivity contribution in [2.75, 3.05) is 4.93 Å². The molecule has 0 aliphatic rings.